The Morgan fingerprint density at radius 1 is 1.41 bits per heavy atom. The number of hydrazine groups is 1. The molecule has 3 N–H and O–H groups in total. The van der Waals surface area contributed by atoms with Gasteiger partial charge in [0.25, 0.3) is 5.88 Å². The quantitative estimate of drug-likeness (QED) is 0.623. The van der Waals surface area contributed by atoms with Gasteiger partial charge in [0.05, 0.1) is 6.20 Å². The minimum Gasteiger partial charge on any atom is -0.472 e. The normalized spacial score (nSPS) is 24.4. The molecule has 1 saturated carbocycles. The van der Waals surface area contributed by atoms with E-state index >= 15 is 0 Å². The molecule has 1 aromatic heterocycles. The van der Waals surface area contributed by atoms with Crippen LogP contribution in [-0.4, -0.2) is 16.1 Å². The Morgan fingerprint density at radius 3 is 2.76 bits per heavy atom. The van der Waals surface area contributed by atoms with E-state index in [1.54, 1.807) is 0 Å². The fraction of sp³-hybridized carbons (Fsp3) is 0.636. The van der Waals surface area contributed by atoms with E-state index in [9.17, 15) is 4.39 Å². The maximum absolute atomic E-state index is 13.4. The molecule has 0 unspecified atom stereocenters. The van der Waals surface area contributed by atoms with E-state index in [1.807, 2.05) is 0 Å². The number of hydrogen-bond acceptors (Lipinski definition) is 5. The van der Waals surface area contributed by atoms with Crippen LogP contribution in [0.1, 0.15) is 32.6 Å². The van der Waals surface area contributed by atoms with Crippen molar-refractivity contribution in [3.63, 3.8) is 0 Å². The first-order chi connectivity index (χ1) is 8.19. The average molecular weight is 240 g/mol. The maximum Gasteiger partial charge on any atom is 0.255 e. The molecule has 1 heterocycles. The lowest BCUT2D eigenvalue weighted by Crippen LogP contribution is -2.24. The van der Waals surface area contributed by atoms with Crippen molar-refractivity contribution in [2.45, 2.75) is 38.7 Å². The van der Waals surface area contributed by atoms with Crippen LogP contribution < -0.4 is 16.0 Å². The van der Waals surface area contributed by atoms with Crippen molar-refractivity contribution in [2.75, 3.05) is 5.43 Å². The van der Waals surface area contributed by atoms with Gasteiger partial charge in [-0.05, 0) is 31.6 Å². The molecule has 1 fully saturated rings. The lowest BCUT2D eigenvalue weighted by Gasteiger charge is -2.26. The zero-order chi connectivity index (χ0) is 12.3. The third kappa shape index (κ3) is 3.03. The van der Waals surface area contributed by atoms with Gasteiger partial charge >= 0.3 is 0 Å². The molecule has 0 amide bonds. The molecule has 0 aromatic carbocycles. The van der Waals surface area contributed by atoms with Crippen LogP contribution in [0.4, 0.5) is 10.3 Å². The Bertz CT molecular complexity index is 380. The Labute approximate surface area is 99.6 Å². The molecule has 0 bridgehead atoms. The van der Waals surface area contributed by atoms with Gasteiger partial charge in [-0.25, -0.2) is 10.8 Å². The zero-order valence-corrected chi connectivity index (χ0v) is 9.82. The Balaban J connectivity index is 2.02. The van der Waals surface area contributed by atoms with E-state index in [0.29, 0.717) is 0 Å². The second-order valence-corrected chi connectivity index (χ2v) is 4.49. The van der Waals surface area contributed by atoms with Crippen molar-refractivity contribution in [3.8, 4) is 5.88 Å². The molecule has 0 saturated heterocycles. The number of halogens is 1. The molecule has 1 aromatic rings. The second-order valence-electron chi connectivity index (χ2n) is 4.49. The third-order valence-electron chi connectivity index (χ3n) is 3.08. The molecule has 5 nitrogen and oxygen atoms in total. The van der Waals surface area contributed by atoms with Crippen LogP contribution in [0, 0.1) is 11.7 Å². The summed E-state index contributed by atoms with van der Waals surface area (Å²) in [6, 6.07) is 0. The molecule has 1 aliphatic rings. The summed E-state index contributed by atoms with van der Waals surface area (Å²) in [5.74, 6) is 5.48. The Hall–Kier alpha value is -1.43. The minimum atomic E-state index is -0.553. The molecule has 1 aliphatic carbocycles. The monoisotopic (exact) mass is 240 g/mol. The minimum absolute atomic E-state index is 0.0208. The van der Waals surface area contributed by atoms with Gasteiger partial charge in [0, 0.05) is 0 Å². The first kappa shape index (κ1) is 12.0. The van der Waals surface area contributed by atoms with Crippen LogP contribution in [0.15, 0.2) is 6.20 Å². The van der Waals surface area contributed by atoms with Crippen molar-refractivity contribution < 1.29 is 9.13 Å². The molecule has 0 spiro atoms. The number of anilines is 1. The van der Waals surface area contributed by atoms with Gasteiger partial charge in [-0.2, -0.15) is 9.37 Å². The van der Waals surface area contributed by atoms with Gasteiger partial charge in [0.2, 0.25) is 11.8 Å². The first-order valence-electron chi connectivity index (χ1n) is 5.85. The molecule has 2 rings (SSSR count). The smallest absolute Gasteiger partial charge is 0.255 e. The molecule has 0 aliphatic heterocycles. The predicted molar refractivity (Wildman–Crippen MR) is 61.8 cm³/mol. The molecule has 6 heteroatoms. The molecule has 0 radical (unpaired) electrons. The summed E-state index contributed by atoms with van der Waals surface area (Å²) in [6.07, 6.45) is 5.20. The fourth-order valence-electron chi connectivity index (χ4n) is 2.01. The first-order valence-corrected chi connectivity index (χ1v) is 5.85. The van der Waals surface area contributed by atoms with Crippen molar-refractivity contribution in [2.24, 2.45) is 11.8 Å². The highest BCUT2D eigenvalue weighted by molar-refractivity contribution is 5.26. The Morgan fingerprint density at radius 2 is 2.12 bits per heavy atom. The SMILES string of the molecule is CC1CCC(Oc2nc(NN)ncc2F)CC1. The summed E-state index contributed by atoms with van der Waals surface area (Å²) in [5.41, 5.74) is 2.27. The molecule has 94 valence electrons. The summed E-state index contributed by atoms with van der Waals surface area (Å²) < 4.78 is 19.0. The summed E-state index contributed by atoms with van der Waals surface area (Å²) in [4.78, 5) is 7.52. The lowest BCUT2D eigenvalue weighted by atomic mass is 9.89. The van der Waals surface area contributed by atoms with Crippen molar-refractivity contribution in [1.29, 1.82) is 0 Å². The predicted octanol–water partition coefficient (Wildman–Crippen LogP) is 1.86. The van der Waals surface area contributed by atoms with Gasteiger partial charge < -0.3 is 4.74 Å². The van der Waals surface area contributed by atoms with Crippen molar-refractivity contribution in [1.82, 2.24) is 9.97 Å². The summed E-state index contributed by atoms with van der Waals surface area (Å²) in [5, 5.41) is 0. The topological polar surface area (TPSA) is 73.1 Å². The molecule has 0 atom stereocenters. The van der Waals surface area contributed by atoms with Crippen LogP contribution in [0.3, 0.4) is 0 Å². The number of nitrogens with one attached hydrogen (secondary N) is 1. The van der Waals surface area contributed by atoms with Crippen LogP contribution in [0.25, 0.3) is 0 Å². The number of ether oxygens (including phenoxy) is 1. The summed E-state index contributed by atoms with van der Waals surface area (Å²) in [6.45, 7) is 2.22. The molecular formula is C11H17FN4O. The van der Waals surface area contributed by atoms with Gasteiger partial charge in [0.15, 0.2) is 0 Å². The van der Waals surface area contributed by atoms with Gasteiger partial charge in [-0.3, -0.25) is 5.43 Å². The van der Waals surface area contributed by atoms with Gasteiger partial charge in [0.1, 0.15) is 6.10 Å². The molecule has 17 heavy (non-hydrogen) atoms. The summed E-state index contributed by atoms with van der Waals surface area (Å²) in [7, 11) is 0. The lowest BCUT2D eigenvalue weighted by molar-refractivity contribution is 0.124. The zero-order valence-electron chi connectivity index (χ0n) is 9.82. The highest BCUT2D eigenvalue weighted by Gasteiger charge is 2.21. The summed E-state index contributed by atoms with van der Waals surface area (Å²) >= 11 is 0. The highest BCUT2D eigenvalue weighted by atomic mass is 19.1. The standard InChI is InChI=1S/C11H17FN4O/c1-7-2-4-8(5-3-7)17-10-9(12)6-14-11(15-10)16-13/h6-8H,2-5,13H2,1H3,(H,14,15,16). The number of nitrogens with two attached hydrogens (primary N) is 1. The average Bonchev–Trinajstić information content (AvgIpc) is 2.35. The highest BCUT2D eigenvalue weighted by Crippen LogP contribution is 2.27. The van der Waals surface area contributed by atoms with E-state index in [0.717, 1.165) is 37.8 Å². The number of rotatable bonds is 3. The van der Waals surface area contributed by atoms with Crippen LogP contribution in [0.2, 0.25) is 0 Å². The number of aromatic nitrogens is 2. The van der Waals surface area contributed by atoms with E-state index in [4.69, 9.17) is 10.6 Å². The van der Waals surface area contributed by atoms with E-state index < -0.39 is 5.82 Å². The van der Waals surface area contributed by atoms with Crippen LogP contribution in [0.5, 0.6) is 5.88 Å². The van der Waals surface area contributed by atoms with E-state index in [2.05, 4.69) is 22.3 Å². The largest absolute Gasteiger partial charge is 0.472 e. The fourth-order valence-corrected chi connectivity index (χ4v) is 2.01. The van der Waals surface area contributed by atoms with Crippen molar-refractivity contribution >= 4 is 5.95 Å². The number of nitrogens with zero attached hydrogens (tertiary/aromatic N) is 2. The Kier molecular flexibility index (Phi) is 3.73. The maximum atomic E-state index is 13.4. The van der Waals surface area contributed by atoms with E-state index in [-0.39, 0.29) is 17.9 Å². The van der Waals surface area contributed by atoms with Gasteiger partial charge in [-0.1, -0.05) is 6.92 Å². The van der Waals surface area contributed by atoms with Crippen LogP contribution >= 0.6 is 0 Å². The number of nitrogen functional groups attached to an aromatic ring is 1. The van der Waals surface area contributed by atoms with Crippen molar-refractivity contribution in [3.05, 3.63) is 12.0 Å². The van der Waals surface area contributed by atoms with E-state index in [1.165, 1.54) is 0 Å². The molecular weight excluding hydrogens is 223 g/mol. The number of hydrogen-bond donors (Lipinski definition) is 2. The third-order valence-corrected chi connectivity index (χ3v) is 3.08. The van der Waals surface area contributed by atoms with Crippen LogP contribution in [-0.2, 0) is 0 Å². The van der Waals surface area contributed by atoms with Gasteiger partial charge in [-0.15, -0.1) is 0 Å². The second kappa shape index (κ2) is 5.27.